The number of rotatable bonds is 6. The summed E-state index contributed by atoms with van der Waals surface area (Å²) in [5.74, 6) is 1.65. The van der Waals surface area contributed by atoms with E-state index in [1.165, 1.54) is 37.7 Å². The van der Waals surface area contributed by atoms with E-state index in [0.717, 1.165) is 23.2 Å². The van der Waals surface area contributed by atoms with Crippen molar-refractivity contribution in [3.63, 3.8) is 0 Å². The minimum atomic E-state index is 0.568. The Bertz CT molecular complexity index is 413. The highest BCUT2D eigenvalue weighted by molar-refractivity contribution is 8.00. The number of benzene rings is 1. The normalized spacial score (nSPS) is 17.8. The van der Waals surface area contributed by atoms with E-state index in [9.17, 15) is 0 Å². The fraction of sp³-hybridized carbons (Fsp3) is 0.647. The summed E-state index contributed by atoms with van der Waals surface area (Å²) in [5, 5.41) is 1.40. The second-order valence-electron chi connectivity index (χ2n) is 5.41. The molecule has 1 atom stereocenters. The van der Waals surface area contributed by atoms with E-state index in [1.54, 1.807) is 14.2 Å². The van der Waals surface area contributed by atoms with Crippen LogP contribution in [0.25, 0.3) is 0 Å². The topological polar surface area (TPSA) is 18.5 Å². The van der Waals surface area contributed by atoms with Crippen LogP contribution in [0, 0.1) is 0 Å². The summed E-state index contributed by atoms with van der Waals surface area (Å²) in [4.78, 5) is 0. The Morgan fingerprint density at radius 2 is 1.80 bits per heavy atom. The summed E-state index contributed by atoms with van der Waals surface area (Å²) in [6.45, 7) is 2.28. The zero-order chi connectivity index (χ0) is 14.4. The van der Waals surface area contributed by atoms with Gasteiger partial charge in [0, 0.05) is 10.5 Å². The third kappa shape index (κ3) is 3.85. The quantitative estimate of drug-likeness (QED) is 0.716. The zero-order valence-corrected chi connectivity index (χ0v) is 13.7. The monoisotopic (exact) mass is 294 g/mol. The summed E-state index contributed by atoms with van der Waals surface area (Å²) in [5.41, 5.74) is 1.36. The first-order valence-corrected chi connectivity index (χ1v) is 8.60. The van der Waals surface area contributed by atoms with Gasteiger partial charge in [0.1, 0.15) is 0 Å². The molecule has 1 saturated carbocycles. The Hall–Kier alpha value is -0.830. The highest BCUT2D eigenvalue weighted by atomic mass is 32.2. The van der Waals surface area contributed by atoms with Crippen molar-refractivity contribution < 1.29 is 9.47 Å². The minimum absolute atomic E-state index is 0.568. The van der Waals surface area contributed by atoms with E-state index in [0.29, 0.717) is 5.25 Å². The maximum Gasteiger partial charge on any atom is 0.161 e. The molecule has 2 rings (SSSR count). The molecular formula is C17H26O2S. The molecule has 0 amide bonds. The van der Waals surface area contributed by atoms with Crippen molar-refractivity contribution in [1.29, 1.82) is 0 Å². The summed E-state index contributed by atoms with van der Waals surface area (Å²) in [7, 11) is 3.39. The largest absolute Gasteiger partial charge is 0.493 e. The van der Waals surface area contributed by atoms with E-state index in [4.69, 9.17) is 9.47 Å². The number of hydrogen-bond acceptors (Lipinski definition) is 3. The SMILES string of the molecule is CCC(SC1CCCCC1)c1ccc(OC)c(OC)c1. The van der Waals surface area contributed by atoms with Gasteiger partial charge in [0.15, 0.2) is 11.5 Å². The lowest BCUT2D eigenvalue weighted by molar-refractivity contribution is 0.354. The van der Waals surface area contributed by atoms with Gasteiger partial charge in [-0.25, -0.2) is 0 Å². The smallest absolute Gasteiger partial charge is 0.161 e. The van der Waals surface area contributed by atoms with Crippen LogP contribution in [0.3, 0.4) is 0 Å². The number of thioether (sulfide) groups is 1. The van der Waals surface area contributed by atoms with Crippen LogP contribution >= 0.6 is 11.8 Å². The third-order valence-corrected chi connectivity index (χ3v) is 5.85. The van der Waals surface area contributed by atoms with Crippen molar-refractivity contribution in [2.45, 2.75) is 55.9 Å². The minimum Gasteiger partial charge on any atom is -0.493 e. The molecule has 1 unspecified atom stereocenters. The number of hydrogen-bond donors (Lipinski definition) is 0. The maximum absolute atomic E-state index is 5.43. The molecule has 1 fully saturated rings. The fourth-order valence-electron chi connectivity index (χ4n) is 2.90. The highest BCUT2D eigenvalue weighted by Crippen LogP contribution is 2.42. The van der Waals surface area contributed by atoms with Gasteiger partial charge in [-0.15, -0.1) is 0 Å². The molecule has 0 aliphatic heterocycles. The van der Waals surface area contributed by atoms with Crippen molar-refractivity contribution in [3.8, 4) is 11.5 Å². The lowest BCUT2D eigenvalue weighted by Crippen LogP contribution is -2.10. The number of methoxy groups -OCH3 is 2. The van der Waals surface area contributed by atoms with Crippen LogP contribution in [0.1, 0.15) is 56.3 Å². The molecule has 0 saturated heterocycles. The Morgan fingerprint density at radius 1 is 1.10 bits per heavy atom. The van der Waals surface area contributed by atoms with Crippen LogP contribution in [-0.2, 0) is 0 Å². The first-order valence-electron chi connectivity index (χ1n) is 7.65. The van der Waals surface area contributed by atoms with E-state index < -0.39 is 0 Å². The van der Waals surface area contributed by atoms with Crippen molar-refractivity contribution in [2.75, 3.05) is 14.2 Å². The van der Waals surface area contributed by atoms with E-state index in [2.05, 4.69) is 30.8 Å². The molecule has 2 nitrogen and oxygen atoms in total. The van der Waals surface area contributed by atoms with Gasteiger partial charge in [-0.05, 0) is 37.0 Å². The predicted molar refractivity (Wildman–Crippen MR) is 87.0 cm³/mol. The second kappa shape index (κ2) is 7.82. The molecule has 0 aromatic heterocycles. The first-order chi connectivity index (χ1) is 9.78. The van der Waals surface area contributed by atoms with Crippen molar-refractivity contribution in [2.24, 2.45) is 0 Å². The Balaban J connectivity index is 2.09. The lowest BCUT2D eigenvalue weighted by Gasteiger charge is -2.26. The molecule has 0 heterocycles. The van der Waals surface area contributed by atoms with E-state index in [-0.39, 0.29) is 0 Å². The van der Waals surface area contributed by atoms with E-state index >= 15 is 0 Å². The van der Waals surface area contributed by atoms with Gasteiger partial charge < -0.3 is 9.47 Å². The van der Waals surface area contributed by atoms with Gasteiger partial charge in [0.25, 0.3) is 0 Å². The molecule has 0 bridgehead atoms. The second-order valence-corrected chi connectivity index (χ2v) is 6.92. The molecule has 1 aromatic carbocycles. The van der Waals surface area contributed by atoms with Crippen LogP contribution in [0.2, 0.25) is 0 Å². The molecule has 0 N–H and O–H groups in total. The van der Waals surface area contributed by atoms with E-state index in [1.807, 2.05) is 6.07 Å². The molecule has 3 heteroatoms. The van der Waals surface area contributed by atoms with Crippen LogP contribution in [0.5, 0.6) is 11.5 Å². The maximum atomic E-state index is 5.43. The molecule has 0 radical (unpaired) electrons. The molecule has 112 valence electrons. The molecule has 0 spiro atoms. The molecule has 1 aliphatic carbocycles. The van der Waals surface area contributed by atoms with Crippen LogP contribution in [-0.4, -0.2) is 19.5 Å². The van der Waals surface area contributed by atoms with Crippen LogP contribution in [0.15, 0.2) is 18.2 Å². The number of ether oxygens (including phenoxy) is 2. The summed E-state index contributed by atoms with van der Waals surface area (Å²) < 4.78 is 10.8. The first kappa shape index (κ1) is 15.6. The van der Waals surface area contributed by atoms with Gasteiger partial charge in [-0.2, -0.15) is 11.8 Å². The summed E-state index contributed by atoms with van der Waals surface area (Å²) in [6, 6.07) is 6.35. The summed E-state index contributed by atoms with van der Waals surface area (Å²) in [6.07, 6.45) is 8.16. The van der Waals surface area contributed by atoms with Gasteiger partial charge in [-0.3, -0.25) is 0 Å². The average molecular weight is 294 g/mol. The van der Waals surface area contributed by atoms with Crippen LogP contribution in [0.4, 0.5) is 0 Å². The Labute approximate surface area is 127 Å². The molecule has 1 aliphatic rings. The zero-order valence-electron chi connectivity index (χ0n) is 12.9. The highest BCUT2D eigenvalue weighted by Gasteiger charge is 2.20. The molecule has 1 aromatic rings. The Kier molecular flexibility index (Phi) is 6.08. The standard InChI is InChI=1S/C17H26O2S/c1-4-17(20-14-8-6-5-7-9-14)13-10-11-15(18-2)16(12-13)19-3/h10-12,14,17H,4-9H2,1-3H3. The molecule has 20 heavy (non-hydrogen) atoms. The van der Waals surface area contributed by atoms with Crippen molar-refractivity contribution in [3.05, 3.63) is 23.8 Å². The van der Waals surface area contributed by atoms with Gasteiger partial charge in [-0.1, -0.05) is 32.3 Å². The van der Waals surface area contributed by atoms with Gasteiger partial charge >= 0.3 is 0 Å². The molecular weight excluding hydrogens is 268 g/mol. The van der Waals surface area contributed by atoms with Gasteiger partial charge in [0.2, 0.25) is 0 Å². The summed E-state index contributed by atoms with van der Waals surface area (Å²) >= 11 is 2.16. The third-order valence-electron chi connectivity index (χ3n) is 4.06. The Morgan fingerprint density at radius 3 is 2.40 bits per heavy atom. The predicted octanol–water partition coefficient (Wildman–Crippen LogP) is 5.22. The van der Waals surface area contributed by atoms with Crippen molar-refractivity contribution >= 4 is 11.8 Å². The lowest BCUT2D eigenvalue weighted by atomic mass is 10.0. The fourth-order valence-corrected chi connectivity index (χ4v) is 4.46. The van der Waals surface area contributed by atoms with Gasteiger partial charge in [0.05, 0.1) is 14.2 Å². The average Bonchev–Trinajstić information content (AvgIpc) is 2.53. The van der Waals surface area contributed by atoms with Crippen molar-refractivity contribution in [1.82, 2.24) is 0 Å². The van der Waals surface area contributed by atoms with Crippen LogP contribution < -0.4 is 9.47 Å².